The van der Waals surface area contributed by atoms with E-state index in [0.717, 1.165) is 5.02 Å². The maximum absolute atomic E-state index is 6.08. The SMILES string of the molecule is Cc1cc(C)c(C(C)N[C@@H](C)c2cccc(Cl)c2)cc1C. The summed E-state index contributed by atoms with van der Waals surface area (Å²) in [7, 11) is 0. The van der Waals surface area contributed by atoms with E-state index in [4.69, 9.17) is 11.6 Å². The molecule has 2 heteroatoms. The number of hydrogen-bond donors (Lipinski definition) is 1. The topological polar surface area (TPSA) is 12.0 Å². The molecule has 21 heavy (non-hydrogen) atoms. The first-order chi connectivity index (χ1) is 9.88. The van der Waals surface area contributed by atoms with Gasteiger partial charge in [-0.1, -0.05) is 35.9 Å². The van der Waals surface area contributed by atoms with Gasteiger partial charge in [0.05, 0.1) is 0 Å². The summed E-state index contributed by atoms with van der Waals surface area (Å²) < 4.78 is 0. The van der Waals surface area contributed by atoms with Crippen LogP contribution in [0.2, 0.25) is 5.02 Å². The maximum Gasteiger partial charge on any atom is 0.0409 e. The first kappa shape index (κ1) is 16.1. The maximum atomic E-state index is 6.08. The third-order valence-electron chi connectivity index (χ3n) is 4.20. The summed E-state index contributed by atoms with van der Waals surface area (Å²) in [4.78, 5) is 0. The van der Waals surface area contributed by atoms with E-state index in [1.54, 1.807) is 0 Å². The predicted octanol–water partition coefficient (Wildman–Crippen LogP) is 5.68. The van der Waals surface area contributed by atoms with E-state index in [0.29, 0.717) is 6.04 Å². The Morgan fingerprint density at radius 2 is 1.52 bits per heavy atom. The zero-order valence-electron chi connectivity index (χ0n) is 13.5. The van der Waals surface area contributed by atoms with Crippen LogP contribution in [-0.4, -0.2) is 0 Å². The van der Waals surface area contributed by atoms with Crippen molar-refractivity contribution in [2.24, 2.45) is 0 Å². The molecule has 1 unspecified atom stereocenters. The molecule has 2 atom stereocenters. The summed E-state index contributed by atoms with van der Waals surface area (Å²) in [5, 5.41) is 4.46. The van der Waals surface area contributed by atoms with Crippen LogP contribution in [-0.2, 0) is 0 Å². The molecule has 0 saturated carbocycles. The number of halogens is 1. The van der Waals surface area contributed by atoms with Gasteiger partial charge in [-0.25, -0.2) is 0 Å². The van der Waals surface area contributed by atoms with Crippen LogP contribution in [0.1, 0.15) is 53.7 Å². The molecule has 0 spiro atoms. The van der Waals surface area contributed by atoms with Crippen molar-refractivity contribution in [2.75, 3.05) is 0 Å². The monoisotopic (exact) mass is 301 g/mol. The predicted molar refractivity (Wildman–Crippen MR) is 92.1 cm³/mol. The zero-order chi connectivity index (χ0) is 15.6. The van der Waals surface area contributed by atoms with Gasteiger partial charge in [0.2, 0.25) is 0 Å². The molecular formula is C19H24ClN. The number of aryl methyl sites for hydroxylation is 3. The second-order valence-corrected chi connectivity index (χ2v) is 6.39. The minimum atomic E-state index is 0.264. The second kappa shape index (κ2) is 6.64. The molecule has 2 rings (SSSR count). The fourth-order valence-corrected chi connectivity index (χ4v) is 2.99. The van der Waals surface area contributed by atoms with E-state index in [9.17, 15) is 0 Å². The Balaban J connectivity index is 2.18. The molecule has 0 aliphatic rings. The van der Waals surface area contributed by atoms with Crippen LogP contribution in [0, 0.1) is 20.8 Å². The van der Waals surface area contributed by atoms with Crippen molar-refractivity contribution in [3.63, 3.8) is 0 Å². The molecule has 2 aromatic rings. The Kier molecular flexibility index (Phi) is 5.08. The van der Waals surface area contributed by atoms with E-state index < -0.39 is 0 Å². The Morgan fingerprint density at radius 1 is 0.857 bits per heavy atom. The van der Waals surface area contributed by atoms with Gasteiger partial charge in [0.1, 0.15) is 0 Å². The molecule has 0 radical (unpaired) electrons. The summed E-state index contributed by atoms with van der Waals surface area (Å²) in [6, 6.07) is 13.2. The Labute approximate surface area is 133 Å². The van der Waals surface area contributed by atoms with Crippen molar-refractivity contribution in [1.82, 2.24) is 5.32 Å². The molecule has 1 N–H and O–H groups in total. The molecule has 2 aromatic carbocycles. The lowest BCUT2D eigenvalue weighted by Gasteiger charge is -2.23. The molecule has 0 amide bonds. The first-order valence-corrected chi connectivity index (χ1v) is 7.85. The summed E-state index contributed by atoms with van der Waals surface area (Å²) in [6.45, 7) is 10.9. The lowest BCUT2D eigenvalue weighted by atomic mass is 9.95. The summed E-state index contributed by atoms with van der Waals surface area (Å²) in [6.07, 6.45) is 0. The van der Waals surface area contributed by atoms with Crippen molar-refractivity contribution in [2.45, 2.75) is 46.7 Å². The number of rotatable bonds is 4. The van der Waals surface area contributed by atoms with Gasteiger partial charge in [0, 0.05) is 17.1 Å². The zero-order valence-corrected chi connectivity index (χ0v) is 14.3. The number of benzene rings is 2. The molecule has 0 bridgehead atoms. The van der Waals surface area contributed by atoms with Gasteiger partial charge in [-0.15, -0.1) is 0 Å². The standard InChI is InChI=1S/C19H24ClN/c1-12-9-14(3)19(10-13(12)2)16(5)21-15(4)17-7-6-8-18(20)11-17/h6-11,15-16,21H,1-5H3/t15-,16?/m0/s1. The smallest absolute Gasteiger partial charge is 0.0409 e. The molecule has 0 aliphatic heterocycles. The molecule has 0 aromatic heterocycles. The third kappa shape index (κ3) is 3.87. The van der Waals surface area contributed by atoms with Crippen LogP contribution in [0.4, 0.5) is 0 Å². The van der Waals surface area contributed by atoms with Crippen molar-refractivity contribution in [1.29, 1.82) is 0 Å². The number of nitrogens with one attached hydrogen (secondary N) is 1. The van der Waals surface area contributed by atoms with Crippen LogP contribution in [0.3, 0.4) is 0 Å². The van der Waals surface area contributed by atoms with Gasteiger partial charge < -0.3 is 5.32 Å². The minimum absolute atomic E-state index is 0.264. The van der Waals surface area contributed by atoms with Crippen LogP contribution in [0.5, 0.6) is 0 Å². The molecule has 0 saturated heterocycles. The summed E-state index contributed by atoms with van der Waals surface area (Å²) >= 11 is 6.08. The average molecular weight is 302 g/mol. The minimum Gasteiger partial charge on any atom is -0.304 e. The highest BCUT2D eigenvalue weighted by atomic mass is 35.5. The van der Waals surface area contributed by atoms with Crippen LogP contribution < -0.4 is 5.32 Å². The molecule has 0 heterocycles. The van der Waals surface area contributed by atoms with Gasteiger partial charge in [-0.2, -0.15) is 0 Å². The largest absolute Gasteiger partial charge is 0.304 e. The molecule has 0 fully saturated rings. The second-order valence-electron chi connectivity index (χ2n) is 5.96. The van der Waals surface area contributed by atoms with E-state index in [1.165, 1.54) is 27.8 Å². The van der Waals surface area contributed by atoms with Crippen molar-refractivity contribution >= 4 is 11.6 Å². The van der Waals surface area contributed by atoms with Crippen molar-refractivity contribution < 1.29 is 0 Å². The first-order valence-electron chi connectivity index (χ1n) is 7.47. The van der Waals surface area contributed by atoms with Crippen molar-refractivity contribution in [3.05, 3.63) is 69.2 Å². The van der Waals surface area contributed by atoms with Gasteiger partial charge in [-0.05, 0) is 74.6 Å². The van der Waals surface area contributed by atoms with Crippen LogP contribution in [0.25, 0.3) is 0 Å². The average Bonchev–Trinajstić information content (AvgIpc) is 2.42. The lowest BCUT2D eigenvalue weighted by molar-refractivity contribution is 0.493. The molecule has 112 valence electrons. The quantitative estimate of drug-likeness (QED) is 0.766. The van der Waals surface area contributed by atoms with E-state index >= 15 is 0 Å². The Bertz CT molecular complexity index is 633. The van der Waals surface area contributed by atoms with E-state index in [1.807, 2.05) is 18.2 Å². The van der Waals surface area contributed by atoms with Crippen LogP contribution >= 0.6 is 11.6 Å². The van der Waals surface area contributed by atoms with E-state index in [-0.39, 0.29) is 6.04 Å². The highest BCUT2D eigenvalue weighted by molar-refractivity contribution is 6.30. The molecule has 0 aliphatic carbocycles. The highest BCUT2D eigenvalue weighted by Crippen LogP contribution is 2.25. The molecular weight excluding hydrogens is 278 g/mol. The highest BCUT2D eigenvalue weighted by Gasteiger charge is 2.14. The van der Waals surface area contributed by atoms with Crippen LogP contribution in [0.15, 0.2) is 36.4 Å². The van der Waals surface area contributed by atoms with E-state index in [2.05, 4.69) is 58.1 Å². The van der Waals surface area contributed by atoms with Gasteiger partial charge >= 0.3 is 0 Å². The summed E-state index contributed by atoms with van der Waals surface area (Å²) in [5.74, 6) is 0. The fraction of sp³-hybridized carbons (Fsp3) is 0.368. The molecule has 1 nitrogen and oxygen atoms in total. The van der Waals surface area contributed by atoms with Gasteiger partial charge in [-0.3, -0.25) is 0 Å². The Hall–Kier alpha value is -1.31. The lowest BCUT2D eigenvalue weighted by Crippen LogP contribution is -2.23. The third-order valence-corrected chi connectivity index (χ3v) is 4.43. The summed E-state index contributed by atoms with van der Waals surface area (Å²) in [5.41, 5.74) is 6.63. The normalized spacial score (nSPS) is 14.0. The Morgan fingerprint density at radius 3 is 2.19 bits per heavy atom. The van der Waals surface area contributed by atoms with Gasteiger partial charge in [0.25, 0.3) is 0 Å². The van der Waals surface area contributed by atoms with Crippen molar-refractivity contribution in [3.8, 4) is 0 Å². The fourth-order valence-electron chi connectivity index (χ4n) is 2.79. The van der Waals surface area contributed by atoms with Gasteiger partial charge in [0.15, 0.2) is 0 Å². The number of hydrogen-bond acceptors (Lipinski definition) is 1.